The van der Waals surface area contributed by atoms with Crippen molar-refractivity contribution in [2.45, 2.75) is 18.9 Å². The Morgan fingerprint density at radius 3 is 2.00 bits per heavy atom. The lowest BCUT2D eigenvalue weighted by atomic mass is 10.1. The largest absolute Gasteiger partial charge is 0.471 e. The van der Waals surface area contributed by atoms with Gasteiger partial charge in [0.05, 0.1) is 11.1 Å². The summed E-state index contributed by atoms with van der Waals surface area (Å²) >= 11 is 0. The zero-order chi connectivity index (χ0) is 20.2. The van der Waals surface area contributed by atoms with Crippen LogP contribution in [0.15, 0.2) is 48.5 Å². The number of amides is 2. The van der Waals surface area contributed by atoms with E-state index in [4.69, 9.17) is 0 Å². The lowest BCUT2D eigenvalue weighted by molar-refractivity contribution is -0.173. The maximum Gasteiger partial charge on any atom is 0.471 e. The van der Waals surface area contributed by atoms with Gasteiger partial charge in [0, 0.05) is 12.2 Å². The van der Waals surface area contributed by atoms with Crippen molar-refractivity contribution in [2.24, 2.45) is 0 Å². The minimum absolute atomic E-state index is 0.142. The van der Waals surface area contributed by atoms with Gasteiger partial charge in [0.2, 0.25) is 0 Å². The first-order chi connectivity index (χ1) is 12.5. The highest BCUT2D eigenvalue weighted by molar-refractivity contribution is 6.05. The zero-order valence-corrected chi connectivity index (χ0v) is 13.4. The van der Waals surface area contributed by atoms with Crippen LogP contribution in [0.2, 0.25) is 0 Å². The van der Waals surface area contributed by atoms with Gasteiger partial charge in [-0.3, -0.25) is 9.59 Å². The smallest absolute Gasteiger partial charge is 0.344 e. The molecule has 0 atom stereocenters. The molecule has 0 aromatic heterocycles. The van der Waals surface area contributed by atoms with Gasteiger partial charge in [0.1, 0.15) is 0 Å². The summed E-state index contributed by atoms with van der Waals surface area (Å²) in [6.45, 7) is -0.399. The van der Waals surface area contributed by atoms with Crippen molar-refractivity contribution in [3.8, 4) is 0 Å². The van der Waals surface area contributed by atoms with Gasteiger partial charge < -0.3 is 10.6 Å². The van der Waals surface area contributed by atoms with E-state index in [2.05, 4.69) is 5.32 Å². The molecule has 0 saturated heterocycles. The average Bonchev–Trinajstić information content (AvgIpc) is 2.59. The zero-order valence-electron chi connectivity index (χ0n) is 13.4. The van der Waals surface area contributed by atoms with Crippen molar-refractivity contribution in [3.63, 3.8) is 0 Å². The number of benzene rings is 2. The van der Waals surface area contributed by atoms with Gasteiger partial charge in [-0.05, 0) is 29.8 Å². The molecule has 0 aliphatic heterocycles. The number of rotatable bonds is 4. The molecule has 144 valence electrons. The molecule has 27 heavy (non-hydrogen) atoms. The third-order valence-electron chi connectivity index (χ3n) is 3.40. The van der Waals surface area contributed by atoms with Crippen LogP contribution < -0.4 is 10.6 Å². The molecule has 0 aliphatic rings. The first kappa shape index (κ1) is 20.3. The van der Waals surface area contributed by atoms with Gasteiger partial charge >= 0.3 is 18.3 Å². The molecule has 2 aromatic rings. The van der Waals surface area contributed by atoms with Crippen LogP contribution in [0.5, 0.6) is 0 Å². The molecular formula is C17H12F6N2O2. The van der Waals surface area contributed by atoms with Crippen LogP contribution in [-0.4, -0.2) is 18.0 Å². The van der Waals surface area contributed by atoms with E-state index in [1.54, 1.807) is 5.32 Å². The molecule has 0 aliphatic carbocycles. The van der Waals surface area contributed by atoms with Crippen molar-refractivity contribution in [1.29, 1.82) is 0 Å². The number of anilines is 1. The van der Waals surface area contributed by atoms with Gasteiger partial charge in [-0.25, -0.2) is 0 Å². The van der Waals surface area contributed by atoms with E-state index in [0.29, 0.717) is 5.56 Å². The summed E-state index contributed by atoms with van der Waals surface area (Å²) in [7, 11) is 0. The van der Waals surface area contributed by atoms with Crippen LogP contribution in [0, 0.1) is 0 Å². The number of hydrogen-bond acceptors (Lipinski definition) is 2. The van der Waals surface area contributed by atoms with E-state index in [9.17, 15) is 35.9 Å². The fraction of sp³-hybridized carbons (Fsp3) is 0.176. The van der Waals surface area contributed by atoms with Crippen LogP contribution in [-0.2, 0) is 17.5 Å². The van der Waals surface area contributed by atoms with E-state index in [1.807, 2.05) is 0 Å². The molecule has 0 bridgehead atoms. The SMILES string of the molecule is O=C(Nc1ccc(CNC(=O)C(F)(F)F)cc1)c1ccccc1C(F)(F)F. The Hall–Kier alpha value is -3.04. The Labute approximate surface area is 149 Å². The quantitative estimate of drug-likeness (QED) is 0.772. The summed E-state index contributed by atoms with van der Waals surface area (Å²) in [5, 5.41) is 3.95. The number of carbonyl (C=O) groups is 2. The van der Waals surface area contributed by atoms with Crippen LogP contribution in [0.1, 0.15) is 21.5 Å². The minimum Gasteiger partial charge on any atom is -0.344 e. The van der Waals surface area contributed by atoms with Crippen molar-refractivity contribution >= 4 is 17.5 Å². The van der Waals surface area contributed by atoms with E-state index >= 15 is 0 Å². The van der Waals surface area contributed by atoms with Crippen molar-refractivity contribution in [2.75, 3.05) is 5.32 Å². The van der Waals surface area contributed by atoms with Crippen molar-refractivity contribution in [1.82, 2.24) is 5.32 Å². The maximum atomic E-state index is 12.9. The minimum atomic E-state index is -5.00. The molecule has 0 saturated carbocycles. The number of carbonyl (C=O) groups excluding carboxylic acids is 2. The van der Waals surface area contributed by atoms with Crippen molar-refractivity contribution < 1.29 is 35.9 Å². The summed E-state index contributed by atoms with van der Waals surface area (Å²) < 4.78 is 75.1. The predicted molar refractivity (Wildman–Crippen MR) is 83.7 cm³/mol. The Morgan fingerprint density at radius 1 is 0.852 bits per heavy atom. The highest BCUT2D eigenvalue weighted by atomic mass is 19.4. The maximum absolute atomic E-state index is 12.9. The van der Waals surface area contributed by atoms with E-state index in [-0.39, 0.29) is 5.69 Å². The highest BCUT2D eigenvalue weighted by Gasteiger charge is 2.38. The van der Waals surface area contributed by atoms with Crippen molar-refractivity contribution in [3.05, 3.63) is 65.2 Å². The summed E-state index contributed by atoms with van der Waals surface area (Å²) in [6.07, 6.45) is -9.70. The molecule has 2 N–H and O–H groups in total. The fourth-order valence-electron chi connectivity index (χ4n) is 2.12. The molecule has 0 heterocycles. The number of nitrogens with one attached hydrogen (secondary N) is 2. The molecular weight excluding hydrogens is 378 g/mol. The molecule has 2 aromatic carbocycles. The van der Waals surface area contributed by atoms with Crippen LogP contribution in [0.25, 0.3) is 0 Å². The number of hydrogen-bond donors (Lipinski definition) is 2. The summed E-state index contributed by atoms with van der Waals surface area (Å²) in [4.78, 5) is 22.8. The van der Waals surface area contributed by atoms with E-state index in [1.165, 1.54) is 30.3 Å². The highest BCUT2D eigenvalue weighted by Crippen LogP contribution is 2.32. The third-order valence-corrected chi connectivity index (χ3v) is 3.40. The fourth-order valence-corrected chi connectivity index (χ4v) is 2.12. The standard InChI is InChI=1S/C17H12F6N2O2/c18-16(19,20)13-4-2-1-3-12(13)14(26)25-11-7-5-10(6-8-11)9-24-15(27)17(21,22)23/h1-8H,9H2,(H,24,27)(H,25,26). The Morgan fingerprint density at radius 2 is 1.44 bits per heavy atom. The van der Waals surface area contributed by atoms with E-state index in [0.717, 1.165) is 18.2 Å². The Kier molecular flexibility index (Phi) is 5.77. The van der Waals surface area contributed by atoms with E-state index < -0.39 is 41.8 Å². The molecule has 10 heteroatoms. The topological polar surface area (TPSA) is 58.2 Å². The molecule has 4 nitrogen and oxygen atoms in total. The number of halogens is 6. The third kappa shape index (κ3) is 5.47. The molecule has 0 fully saturated rings. The number of alkyl halides is 6. The average molecular weight is 390 g/mol. The summed E-state index contributed by atoms with van der Waals surface area (Å²) in [5.41, 5.74) is -1.20. The van der Waals surface area contributed by atoms with Gasteiger partial charge in [0.25, 0.3) is 5.91 Å². The predicted octanol–water partition coefficient (Wildman–Crippen LogP) is 4.14. The van der Waals surface area contributed by atoms with Crippen LogP contribution in [0.4, 0.5) is 32.0 Å². The first-order valence-corrected chi connectivity index (χ1v) is 7.40. The van der Waals surface area contributed by atoms with Gasteiger partial charge in [0.15, 0.2) is 0 Å². The molecule has 2 amide bonds. The normalized spacial score (nSPS) is 11.8. The first-order valence-electron chi connectivity index (χ1n) is 7.40. The Balaban J connectivity index is 2.05. The van der Waals surface area contributed by atoms with Crippen LogP contribution in [0.3, 0.4) is 0 Å². The summed E-state index contributed by atoms with van der Waals surface area (Å²) in [6, 6.07) is 9.48. The lowest BCUT2D eigenvalue weighted by Crippen LogP contribution is -2.36. The lowest BCUT2D eigenvalue weighted by Gasteiger charge is -2.13. The summed E-state index contributed by atoms with van der Waals surface area (Å²) in [5.74, 6) is -3.08. The van der Waals surface area contributed by atoms with Gasteiger partial charge in [-0.1, -0.05) is 24.3 Å². The molecule has 0 radical (unpaired) electrons. The van der Waals surface area contributed by atoms with Crippen LogP contribution >= 0.6 is 0 Å². The van der Waals surface area contributed by atoms with Gasteiger partial charge in [-0.15, -0.1) is 0 Å². The Bertz CT molecular complexity index is 829. The second kappa shape index (κ2) is 7.68. The van der Waals surface area contributed by atoms with Gasteiger partial charge in [-0.2, -0.15) is 26.3 Å². The monoisotopic (exact) mass is 390 g/mol. The second-order valence-electron chi connectivity index (χ2n) is 5.37. The second-order valence-corrected chi connectivity index (χ2v) is 5.37. The molecule has 2 rings (SSSR count). The molecule has 0 spiro atoms. The molecule has 0 unspecified atom stereocenters.